The zero-order valence-corrected chi connectivity index (χ0v) is 20.8. The predicted octanol–water partition coefficient (Wildman–Crippen LogP) is 6.83. The first-order chi connectivity index (χ1) is 16.3. The highest BCUT2D eigenvalue weighted by Crippen LogP contribution is 2.31. The molecule has 0 aliphatic rings. The van der Waals surface area contributed by atoms with Crippen LogP contribution >= 0.6 is 23.2 Å². The number of carbonyl (C=O) groups is 1. The summed E-state index contributed by atoms with van der Waals surface area (Å²) in [7, 11) is -4.54. The smallest absolute Gasteiger partial charge is 0.379 e. The summed E-state index contributed by atoms with van der Waals surface area (Å²) >= 11 is 12.1. The largest absolute Gasteiger partial charge is 0.416 e. The molecule has 0 saturated heterocycles. The summed E-state index contributed by atoms with van der Waals surface area (Å²) in [5, 5.41) is 0.576. The molecule has 3 aromatic carbocycles. The summed E-state index contributed by atoms with van der Waals surface area (Å²) in [5.74, 6) is -0.467. The van der Waals surface area contributed by atoms with Crippen LogP contribution in [0.3, 0.4) is 0 Å². The van der Waals surface area contributed by atoms with Crippen LogP contribution in [0.5, 0.6) is 5.75 Å². The zero-order valence-electron chi connectivity index (χ0n) is 18.5. The van der Waals surface area contributed by atoms with Gasteiger partial charge in [0.05, 0.1) is 16.1 Å². The van der Waals surface area contributed by atoms with Crippen LogP contribution in [0.2, 0.25) is 10.0 Å². The Bertz CT molecular complexity index is 1340. The van der Waals surface area contributed by atoms with Crippen LogP contribution in [0.1, 0.15) is 35.3 Å². The molecule has 0 atom stereocenters. The fraction of sp³-hybridized carbons (Fsp3) is 0.208. The van der Waals surface area contributed by atoms with E-state index in [1.807, 2.05) is 0 Å². The number of halogens is 5. The summed E-state index contributed by atoms with van der Waals surface area (Å²) in [4.78, 5) is 14.0. The van der Waals surface area contributed by atoms with E-state index in [9.17, 15) is 26.4 Å². The van der Waals surface area contributed by atoms with Crippen molar-refractivity contribution in [2.75, 3.05) is 0 Å². The molecule has 0 fully saturated rings. The molecule has 0 saturated carbocycles. The maximum absolute atomic E-state index is 13.1. The minimum atomic E-state index is -4.70. The lowest BCUT2D eigenvalue weighted by Gasteiger charge is -2.27. The Balaban J connectivity index is 1.84. The topological polar surface area (TPSA) is 63.7 Å². The molecule has 5 nitrogen and oxygen atoms in total. The lowest BCUT2D eigenvalue weighted by molar-refractivity contribution is -0.137. The Kier molecular flexibility index (Phi) is 8.03. The van der Waals surface area contributed by atoms with Gasteiger partial charge >= 0.3 is 16.3 Å². The highest BCUT2D eigenvalue weighted by Gasteiger charge is 2.32. The molecule has 0 aromatic heterocycles. The van der Waals surface area contributed by atoms with Gasteiger partial charge in [-0.1, -0.05) is 41.4 Å². The van der Waals surface area contributed by atoms with Crippen molar-refractivity contribution < 1.29 is 30.6 Å². The lowest BCUT2D eigenvalue weighted by atomic mass is 10.1. The van der Waals surface area contributed by atoms with E-state index < -0.39 is 26.8 Å². The number of alkyl halides is 3. The summed E-state index contributed by atoms with van der Waals surface area (Å²) in [6.45, 7) is 3.70. The normalized spacial score (nSPS) is 12.0. The highest BCUT2D eigenvalue weighted by molar-refractivity contribution is 7.87. The molecule has 186 valence electrons. The molecule has 0 N–H and O–H groups in total. The fourth-order valence-electron chi connectivity index (χ4n) is 3.20. The molecule has 3 rings (SSSR count). The van der Waals surface area contributed by atoms with Crippen molar-refractivity contribution in [3.63, 3.8) is 0 Å². The van der Waals surface area contributed by atoms with Crippen LogP contribution in [-0.4, -0.2) is 25.3 Å². The number of hydrogen-bond donors (Lipinski definition) is 0. The second-order valence-electron chi connectivity index (χ2n) is 7.86. The van der Waals surface area contributed by atoms with Gasteiger partial charge in [0, 0.05) is 17.6 Å². The SMILES string of the molecule is CC(C)N(Cc1cccc(OS(=O)(=O)c2cccc(C(F)(F)F)c2)c1)C(=O)c1ccc(Cl)cc1Cl. The molecular formula is C24H20Cl2F3NO4S. The number of benzene rings is 3. The van der Waals surface area contributed by atoms with Crippen molar-refractivity contribution in [3.8, 4) is 5.75 Å². The first kappa shape index (κ1) is 26.8. The average Bonchev–Trinajstić information content (AvgIpc) is 2.76. The van der Waals surface area contributed by atoms with Gasteiger partial charge in [0.1, 0.15) is 10.6 Å². The fourth-order valence-corrected chi connectivity index (χ4v) is 4.66. The minimum absolute atomic E-state index is 0.0935. The quantitative estimate of drug-likeness (QED) is 0.305. The van der Waals surface area contributed by atoms with Gasteiger partial charge in [-0.15, -0.1) is 0 Å². The van der Waals surface area contributed by atoms with Gasteiger partial charge < -0.3 is 9.08 Å². The molecule has 0 aliphatic heterocycles. The lowest BCUT2D eigenvalue weighted by Crippen LogP contribution is -2.36. The van der Waals surface area contributed by atoms with Crippen molar-refractivity contribution >= 4 is 39.2 Å². The van der Waals surface area contributed by atoms with Crippen LogP contribution in [-0.2, 0) is 22.8 Å². The molecule has 11 heteroatoms. The molecule has 0 heterocycles. The monoisotopic (exact) mass is 545 g/mol. The first-order valence-electron chi connectivity index (χ1n) is 10.2. The van der Waals surface area contributed by atoms with Crippen LogP contribution in [0.4, 0.5) is 13.2 Å². The van der Waals surface area contributed by atoms with E-state index in [1.165, 1.54) is 35.2 Å². The number of nitrogens with zero attached hydrogens (tertiary/aromatic N) is 1. The second-order valence-corrected chi connectivity index (χ2v) is 10.3. The molecule has 0 radical (unpaired) electrons. The molecule has 1 amide bonds. The van der Waals surface area contributed by atoms with Crippen LogP contribution in [0, 0.1) is 0 Å². The molecule has 0 unspecified atom stereocenters. The second kappa shape index (κ2) is 10.5. The maximum atomic E-state index is 13.1. The van der Waals surface area contributed by atoms with E-state index in [0.717, 1.165) is 18.2 Å². The average molecular weight is 546 g/mol. The Hall–Kier alpha value is -2.75. The van der Waals surface area contributed by atoms with Gasteiger partial charge in [0.15, 0.2) is 0 Å². The third kappa shape index (κ3) is 6.68. The van der Waals surface area contributed by atoms with Gasteiger partial charge in [-0.05, 0) is 67.9 Å². The van der Waals surface area contributed by atoms with Gasteiger partial charge in [0.2, 0.25) is 0 Å². The third-order valence-corrected chi connectivity index (χ3v) is 6.74. The Morgan fingerprint density at radius 3 is 2.31 bits per heavy atom. The van der Waals surface area contributed by atoms with E-state index >= 15 is 0 Å². The summed E-state index contributed by atoms with van der Waals surface area (Å²) in [5.41, 5.74) is -0.318. The van der Waals surface area contributed by atoms with E-state index in [-0.39, 0.29) is 34.8 Å². The highest BCUT2D eigenvalue weighted by atomic mass is 35.5. The zero-order chi connectivity index (χ0) is 26.0. The van der Waals surface area contributed by atoms with Gasteiger partial charge in [-0.25, -0.2) is 0 Å². The van der Waals surface area contributed by atoms with Crippen molar-refractivity contribution in [3.05, 3.63) is 93.5 Å². The minimum Gasteiger partial charge on any atom is -0.379 e. The van der Waals surface area contributed by atoms with Gasteiger partial charge in [-0.2, -0.15) is 21.6 Å². The number of amides is 1. The number of rotatable bonds is 7. The van der Waals surface area contributed by atoms with Crippen molar-refractivity contribution in [2.45, 2.75) is 37.5 Å². The number of carbonyl (C=O) groups excluding carboxylic acids is 1. The molecule has 0 aliphatic carbocycles. The Morgan fingerprint density at radius 1 is 1.00 bits per heavy atom. The van der Waals surface area contributed by atoms with Crippen LogP contribution < -0.4 is 4.18 Å². The standard InChI is InChI=1S/C24H20Cl2F3NO4S/c1-15(2)30(23(31)21-10-9-18(25)13-22(21)26)14-16-5-3-7-19(11-16)34-35(32,33)20-8-4-6-17(12-20)24(27,28)29/h3-13,15H,14H2,1-2H3. The third-order valence-electron chi connectivity index (χ3n) is 4.95. The summed E-state index contributed by atoms with van der Waals surface area (Å²) in [6.07, 6.45) is -4.70. The Morgan fingerprint density at radius 2 is 1.69 bits per heavy atom. The molecule has 35 heavy (non-hydrogen) atoms. The molecule has 0 spiro atoms. The van der Waals surface area contributed by atoms with Gasteiger partial charge in [0.25, 0.3) is 5.91 Å². The van der Waals surface area contributed by atoms with Crippen LogP contribution in [0.25, 0.3) is 0 Å². The van der Waals surface area contributed by atoms with Crippen molar-refractivity contribution in [1.82, 2.24) is 4.90 Å². The molecular weight excluding hydrogens is 526 g/mol. The van der Waals surface area contributed by atoms with Gasteiger partial charge in [-0.3, -0.25) is 4.79 Å². The maximum Gasteiger partial charge on any atom is 0.416 e. The van der Waals surface area contributed by atoms with E-state index in [4.69, 9.17) is 27.4 Å². The number of hydrogen-bond acceptors (Lipinski definition) is 4. The predicted molar refractivity (Wildman–Crippen MR) is 127 cm³/mol. The van der Waals surface area contributed by atoms with Crippen molar-refractivity contribution in [2.24, 2.45) is 0 Å². The van der Waals surface area contributed by atoms with E-state index in [2.05, 4.69) is 0 Å². The molecule has 0 bridgehead atoms. The molecule has 3 aromatic rings. The van der Waals surface area contributed by atoms with Crippen LogP contribution in [0.15, 0.2) is 71.6 Å². The Labute approximate surface area is 211 Å². The van der Waals surface area contributed by atoms with E-state index in [0.29, 0.717) is 16.7 Å². The van der Waals surface area contributed by atoms with Crippen molar-refractivity contribution in [1.29, 1.82) is 0 Å². The summed E-state index contributed by atoms with van der Waals surface area (Å²) < 4.78 is 69.2. The first-order valence-corrected chi connectivity index (χ1v) is 12.4. The van der Waals surface area contributed by atoms with E-state index in [1.54, 1.807) is 26.0 Å². The summed E-state index contributed by atoms with van der Waals surface area (Å²) in [6, 6.07) is 13.5.